The number of nitrogens with zero attached hydrogens (tertiary/aromatic N) is 2. The minimum absolute atomic E-state index is 0.0690. The molecule has 0 unspecified atom stereocenters. The van der Waals surface area contributed by atoms with E-state index in [0.29, 0.717) is 26.2 Å². The number of hydrogen-bond donors (Lipinski definition) is 0. The smallest absolute Gasteiger partial charge is 0.226 e. The number of amides is 2. The number of carbonyl (C=O) groups is 2. The Balaban J connectivity index is 1.24. The van der Waals surface area contributed by atoms with Crippen LogP contribution in [0.15, 0.2) is 59.5 Å². The second-order valence-electron chi connectivity index (χ2n) is 8.09. The van der Waals surface area contributed by atoms with Gasteiger partial charge in [0.15, 0.2) is 9.84 Å². The van der Waals surface area contributed by atoms with Crippen LogP contribution in [0.1, 0.15) is 24.3 Å². The van der Waals surface area contributed by atoms with Crippen LogP contribution in [0.5, 0.6) is 0 Å². The molecule has 0 radical (unpaired) electrons. The lowest BCUT2D eigenvalue weighted by molar-refractivity contribution is -0.140. The van der Waals surface area contributed by atoms with Crippen LogP contribution < -0.4 is 0 Å². The Kier molecular flexibility index (Phi) is 6.09. The number of sulfone groups is 1. The largest absolute Gasteiger partial charge is 0.339 e. The van der Waals surface area contributed by atoms with Crippen molar-refractivity contribution in [3.05, 3.63) is 66.0 Å². The first-order valence-corrected chi connectivity index (χ1v) is 12.1. The summed E-state index contributed by atoms with van der Waals surface area (Å²) in [5, 5.41) is 0. The predicted octanol–water partition coefficient (Wildman–Crippen LogP) is 2.46. The number of hydrogen-bond acceptors (Lipinski definition) is 4. The lowest BCUT2D eigenvalue weighted by atomic mass is 10.1. The van der Waals surface area contributed by atoms with E-state index in [1.165, 1.54) is 24.3 Å². The summed E-state index contributed by atoms with van der Waals surface area (Å²) in [7, 11) is -3.49. The van der Waals surface area contributed by atoms with Gasteiger partial charge in [-0.25, -0.2) is 12.8 Å². The quantitative estimate of drug-likeness (QED) is 0.686. The third-order valence-electron chi connectivity index (χ3n) is 6.04. The summed E-state index contributed by atoms with van der Waals surface area (Å²) in [5.74, 6) is -0.587. The topological polar surface area (TPSA) is 74.8 Å². The molecule has 1 aliphatic heterocycles. The summed E-state index contributed by atoms with van der Waals surface area (Å²) in [4.78, 5) is 28.9. The second-order valence-corrected chi connectivity index (χ2v) is 10.2. The highest BCUT2D eigenvalue weighted by Crippen LogP contribution is 2.48. The Bertz CT molecular complexity index is 1050. The van der Waals surface area contributed by atoms with Crippen LogP contribution in [0.25, 0.3) is 0 Å². The molecule has 1 saturated carbocycles. The maximum Gasteiger partial charge on any atom is 0.226 e. The molecular weight excluding hydrogens is 419 g/mol. The monoisotopic (exact) mass is 444 g/mol. The molecular formula is C23H25FN2O4S. The molecule has 164 valence electrons. The Morgan fingerprint density at radius 1 is 0.903 bits per heavy atom. The zero-order valence-corrected chi connectivity index (χ0v) is 17.9. The third kappa shape index (κ3) is 4.95. The van der Waals surface area contributed by atoms with Crippen molar-refractivity contribution in [3.8, 4) is 0 Å². The Morgan fingerprint density at radius 2 is 1.52 bits per heavy atom. The number of piperazine rings is 1. The van der Waals surface area contributed by atoms with Gasteiger partial charge in [-0.3, -0.25) is 9.59 Å². The molecule has 0 aromatic heterocycles. The Hall–Kier alpha value is -2.74. The molecule has 1 aliphatic carbocycles. The van der Waals surface area contributed by atoms with Crippen molar-refractivity contribution in [2.24, 2.45) is 5.92 Å². The first-order chi connectivity index (χ1) is 14.8. The van der Waals surface area contributed by atoms with E-state index in [4.69, 9.17) is 0 Å². The molecule has 6 nitrogen and oxygen atoms in total. The fraction of sp³-hybridized carbons (Fsp3) is 0.391. The van der Waals surface area contributed by atoms with E-state index < -0.39 is 9.84 Å². The molecule has 4 rings (SSSR count). The van der Waals surface area contributed by atoms with Crippen LogP contribution in [0.3, 0.4) is 0 Å². The van der Waals surface area contributed by atoms with Crippen LogP contribution in [0, 0.1) is 11.7 Å². The van der Waals surface area contributed by atoms with Gasteiger partial charge in [0.1, 0.15) is 5.82 Å². The highest BCUT2D eigenvalue weighted by atomic mass is 32.2. The van der Waals surface area contributed by atoms with Gasteiger partial charge in [0.25, 0.3) is 0 Å². The molecule has 31 heavy (non-hydrogen) atoms. The van der Waals surface area contributed by atoms with Crippen LogP contribution in [0.4, 0.5) is 4.39 Å². The third-order valence-corrected chi connectivity index (χ3v) is 7.77. The van der Waals surface area contributed by atoms with E-state index in [2.05, 4.69) is 0 Å². The van der Waals surface area contributed by atoms with Crippen molar-refractivity contribution in [1.29, 1.82) is 0 Å². The lowest BCUT2D eigenvalue weighted by Gasteiger charge is -2.35. The highest BCUT2D eigenvalue weighted by Gasteiger charge is 2.46. The van der Waals surface area contributed by atoms with Gasteiger partial charge in [0, 0.05) is 38.5 Å². The maximum absolute atomic E-state index is 13.1. The van der Waals surface area contributed by atoms with Crippen LogP contribution >= 0.6 is 0 Å². The van der Waals surface area contributed by atoms with E-state index in [0.717, 1.165) is 12.0 Å². The zero-order chi connectivity index (χ0) is 22.0. The molecule has 8 heteroatoms. The molecule has 2 amide bonds. The van der Waals surface area contributed by atoms with E-state index in [1.54, 1.807) is 40.1 Å². The fourth-order valence-electron chi connectivity index (χ4n) is 4.08. The zero-order valence-electron chi connectivity index (χ0n) is 17.1. The van der Waals surface area contributed by atoms with E-state index >= 15 is 0 Å². The van der Waals surface area contributed by atoms with E-state index in [9.17, 15) is 22.4 Å². The highest BCUT2D eigenvalue weighted by molar-refractivity contribution is 7.91. The molecule has 1 saturated heterocycles. The van der Waals surface area contributed by atoms with Gasteiger partial charge in [0.05, 0.1) is 10.6 Å². The Labute approximate surface area is 181 Å². The summed E-state index contributed by atoms with van der Waals surface area (Å²) in [6, 6.07) is 14.4. The van der Waals surface area contributed by atoms with Crippen LogP contribution in [0.2, 0.25) is 0 Å². The van der Waals surface area contributed by atoms with Crippen molar-refractivity contribution in [2.45, 2.75) is 23.7 Å². The molecule has 1 heterocycles. The SMILES string of the molecule is O=C(CCS(=O)(=O)c1ccccc1)N1CCN(C(=O)[C@H]2C[C@H]2c2ccc(F)cc2)CC1. The Morgan fingerprint density at radius 3 is 2.16 bits per heavy atom. The predicted molar refractivity (Wildman–Crippen MR) is 114 cm³/mol. The van der Waals surface area contributed by atoms with Gasteiger partial charge in [-0.05, 0) is 42.2 Å². The molecule has 2 aromatic carbocycles. The number of rotatable bonds is 6. The summed E-state index contributed by atoms with van der Waals surface area (Å²) in [6.07, 6.45) is 0.696. The molecule has 2 aliphatic rings. The van der Waals surface area contributed by atoms with Gasteiger partial charge in [-0.2, -0.15) is 0 Å². The van der Waals surface area contributed by atoms with Crippen molar-refractivity contribution < 1.29 is 22.4 Å². The van der Waals surface area contributed by atoms with Crippen molar-refractivity contribution >= 4 is 21.7 Å². The molecule has 2 fully saturated rings. The maximum atomic E-state index is 13.1. The van der Waals surface area contributed by atoms with Gasteiger partial charge in [-0.1, -0.05) is 30.3 Å². The van der Waals surface area contributed by atoms with Crippen LogP contribution in [-0.4, -0.2) is 62.0 Å². The van der Waals surface area contributed by atoms with Crippen molar-refractivity contribution in [3.63, 3.8) is 0 Å². The summed E-state index contributed by atoms with van der Waals surface area (Å²) < 4.78 is 37.8. The molecule has 2 aromatic rings. The first kappa shape index (κ1) is 21.5. The fourth-order valence-corrected chi connectivity index (χ4v) is 5.33. The van der Waals surface area contributed by atoms with E-state index in [-0.39, 0.29) is 46.5 Å². The average Bonchev–Trinajstić information content (AvgIpc) is 3.59. The first-order valence-electron chi connectivity index (χ1n) is 10.4. The molecule has 0 N–H and O–H groups in total. The van der Waals surface area contributed by atoms with Gasteiger partial charge >= 0.3 is 0 Å². The van der Waals surface area contributed by atoms with Gasteiger partial charge in [0.2, 0.25) is 11.8 Å². The summed E-state index contributed by atoms with van der Waals surface area (Å²) in [6.45, 7) is 1.71. The average molecular weight is 445 g/mol. The van der Waals surface area contributed by atoms with Gasteiger partial charge < -0.3 is 9.80 Å². The lowest BCUT2D eigenvalue weighted by Crippen LogP contribution is -2.51. The summed E-state index contributed by atoms with van der Waals surface area (Å²) in [5.41, 5.74) is 0.980. The van der Waals surface area contributed by atoms with Crippen LogP contribution in [-0.2, 0) is 19.4 Å². The molecule has 2 atom stereocenters. The normalized spacial score (nSPS) is 21.1. The minimum Gasteiger partial charge on any atom is -0.339 e. The minimum atomic E-state index is -3.49. The number of halogens is 1. The van der Waals surface area contributed by atoms with E-state index in [1.807, 2.05) is 0 Å². The summed E-state index contributed by atoms with van der Waals surface area (Å²) >= 11 is 0. The standard InChI is InChI=1S/C23H25FN2O4S/c24-18-8-6-17(7-9-18)20-16-21(20)23(28)26-13-11-25(12-14-26)22(27)10-15-31(29,30)19-4-2-1-3-5-19/h1-9,20-21H,10-16H2/t20-,21-/m0/s1. The van der Waals surface area contributed by atoms with Crippen molar-refractivity contribution in [2.75, 3.05) is 31.9 Å². The second kappa shape index (κ2) is 8.78. The number of benzene rings is 2. The molecule has 0 spiro atoms. The number of carbonyl (C=O) groups excluding carboxylic acids is 2. The van der Waals surface area contributed by atoms with Gasteiger partial charge in [-0.15, -0.1) is 0 Å². The molecule has 0 bridgehead atoms. The van der Waals surface area contributed by atoms with Crippen molar-refractivity contribution in [1.82, 2.24) is 9.80 Å².